The Morgan fingerprint density at radius 2 is 2.67 bits per heavy atom. The molecule has 9 heavy (non-hydrogen) atoms. The van der Waals surface area contributed by atoms with Gasteiger partial charge < -0.3 is 0 Å². The van der Waals surface area contributed by atoms with Crippen molar-refractivity contribution in [1.82, 2.24) is 4.98 Å². The second-order valence-electron chi connectivity index (χ2n) is 1.29. The van der Waals surface area contributed by atoms with Crippen molar-refractivity contribution in [2.75, 3.05) is 5.43 Å². The lowest BCUT2D eigenvalue weighted by Crippen LogP contribution is -2.05. The molecule has 5 heteroatoms. The van der Waals surface area contributed by atoms with Crippen LogP contribution in [0.4, 0.5) is 5.13 Å². The predicted octanol–water partition coefficient (Wildman–Crippen LogP) is 0.300. The van der Waals surface area contributed by atoms with Crippen molar-refractivity contribution >= 4 is 16.5 Å². The van der Waals surface area contributed by atoms with E-state index >= 15 is 0 Å². The van der Waals surface area contributed by atoms with Crippen molar-refractivity contribution in [3.63, 3.8) is 0 Å². The zero-order valence-electron chi connectivity index (χ0n) is 4.46. The molecule has 0 aliphatic carbocycles. The van der Waals surface area contributed by atoms with Crippen LogP contribution in [0.15, 0.2) is 6.20 Å². The molecule has 0 saturated heterocycles. The quantitative estimate of drug-likeness (QED) is 0.434. The maximum absolute atomic E-state index is 8.30. The average Bonchev–Trinajstić information content (AvgIpc) is 2.34. The number of nitrogens with zero attached hydrogens (tertiary/aromatic N) is 2. The first-order chi connectivity index (χ1) is 4.36. The Balaban J connectivity index is 2.90. The summed E-state index contributed by atoms with van der Waals surface area (Å²) in [6.07, 6.45) is 1.47. The molecule has 3 N–H and O–H groups in total. The molecule has 1 heterocycles. The van der Waals surface area contributed by atoms with E-state index in [1.165, 1.54) is 17.5 Å². The van der Waals surface area contributed by atoms with Gasteiger partial charge in [0.15, 0.2) is 5.13 Å². The van der Waals surface area contributed by atoms with E-state index in [1.54, 1.807) is 0 Å². The molecule has 0 aliphatic heterocycles. The molecule has 0 fully saturated rings. The maximum Gasteiger partial charge on any atom is 0.198 e. The summed E-state index contributed by atoms with van der Waals surface area (Å²) < 4.78 is 0. The number of hydrazine groups is 1. The first-order valence-electron chi connectivity index (χ1n) is 2.19. The molecular formula is C4H4N4S. The van der Waals surface area contributed by atoms with Gasteiger partial charge in [-0.1, -0.05) is 11.3 Å². The van der Waals surface area contributed by atoms with E-state index in [9.17, 15) is 0 Å². The number of aromatic nitrogens is 1. The van der Waals surface area contributed by atoms with E-state index in [2.05, 4.69) is 10.4 Å². The zero-order valence-corrected chi connectivity index (χ0v) is 5.27. The number of nitrogens with one attached hydrogen (secondary N) is 1. The third-order valence-corrected chi connectivity index (χ3v) is 1.57. The summed E-state index contributed by atoms with van der Waals surface area (Å²) in [5.74, 6) is 5.01. The first-order valence-corrected chi connectivity index (χ1v) is 3.01. The van der Waals surface area contributed by atoms with Crippen LogP contribution in [0, 0.1) is 11.3 Å². The minimum absolute atomic E-state index is 0.558. The van der Waals surface area contributed by atoms with Crippen LogP contribution in [-0.2, 0) is 0 Å². The largest absolute Gasteiger partial charge is 0.300 e. The molecule has 0 aromatic carbocycles. The summed E-state index contributed by atoms with van der Waals surface area (Å²) in [6.45, 7) is 0. The first kappa shape index (κ1) is 6.01. The monoisotopic (exact) mass is 140 g/mol. The Bertz CT molecular complexity index is 235. The Morgan fingerprint density at radius 1 is 1.89 bits per heavy atom. The highest BCUT2D eigenvalue weighted by Gasteiger charge is 1.95. The summed E-state index contributed by atoms with van der Waals surface area (Å²) in [7, 11) is 0. The number of rotatable bonds is 1. The van der Waals surface area contributed by atoms with Gasteiger partial charge in [0, 0.05) is 0 Å². The van der Waals surface area contributed by atoms with Crippen LogP contribution < -0.4 is 11.3 Å². The molecule has 0 spiro atoms. The van der Waals surface area contributed by atoms with Crippen LogP contribution in [0.2, 0.25) is 0 Å². The van der Waals surface area contributed by atoms with Crippen LogP contribution in [0.3, 0.4) is 0 Å². The van der Waals surface area contributed by atoms with E-state index in [0.29, 0.717) is 10.0 Å². The predicted molar refractivity (Wildman–Crippen MR) is 34.6 cm³/mol. The molecule has 1 rings (SSSR count). The number of thiazole rings is 1. The average molecular weight is 140 g/mol. The molecule has 0 amide bonds. The van der Waals surface area contributed by atoms with Gasteiger partial charge in [-0.25, -0.2) is 10.8 Å². The van der Waals surface area contributed by atoms with Crippen LogP contribution in [0.5, 0.6) is 0 Å². The van der Waals surface area contributed by atoms with E-state index in [4.69, 9.17) is 11.1 Å². The second kappa shape index (κ2) is 2.44. The fourth-order valence-corrected chi connectivity index (χ4v) is 0.916. The third-order valence-electron chi connectivity index (χ3n) is 0.739. The summed E-state index contributed by atoms with van der Waals surface area (Å²) >= 11 is 1.22. The van der Waals surface area contributed by atoms with Crippen molar-refractivity contribution in [3.05, 3.63) is 11.1 Å². The fraction of sp³-hybridized carbons (Fsp3) is 0. The van der Waals surface area contributed by atoms with Crippen molar-refractivity contribution in [2.45, 2.75) is 0 Å². The summed E-state index contributed by atoms with van der Waals surface area (Å²) in [5.41, 5.74) is 2.34. The summed E-state index contributed by atoms with van der Waals surface area (Å²) in [5, 5.41) is 8.86. The third kappa shape index (κ3) is 1.16. The lowest BCUT2D eigenvalue weighted by molar-refractivity contribution is 1.28. The van der Waals surface area contributed by atoms with Crippen LogP contribution in [-0.4, -0.2) is 4.98 Å². The molecule has 0 atom stereocenters. The minimum Gasteiger partial charge on any atom is -0.300 e. The highest BCUT2D eigenvalue weighted by atomic mass is 32.1. The number of nitrogens with two attached hydrogens (primary N) is 1. The van der Waals surface area contributed by atoms with E-state index in [1.807, 2.05) is 6.07 Å². The molecule has 0 saturated carbocycles. The standard InChI is InChI=1S/C4H4N4S/c5-1-3-2-7-4(8-6)9-3/h2H,6H2,(H,7,8). The van der Waals surface area contributed by atoms with Gasteiger partial charge in [-0.2, -0.15) is 5.26 Å². The number of hydrogen-bond donors (Lipinski definition) is 2. The Kier molecular flexibility index (Phi) is 1.63. The van der Waals surface area contributed by atoms with Gasteiger partial charge in [-0.05, 0) is 0 Å². The lowest BCUT2D eigenvalue weighted by atomic mass is 10.6. The molecular weight excluding hydrogens is 136 g/mol. The van der Waals surface area contributed by atoms with Gasteiger partial charge in [0.25, 0.3) is 0 Å². The number of nitrogen functional groups attached to an aromatic ring is 1. The minimum atomic E-state index is 0.558. The second-order valence-corrected chi connectivity index (χ2v) is 2.32. The van der Waals surface area contributed by atoms with Gasteiger partial charge in [-0.15, -0.1) is 0 Å². The van der Waals surface area contributed by atoms with Gasteiger partial charge in [0.05, 0.1) is 6.20 Å². The van der Waals surface area contributed by atoms with Crippen molar-refractivity contribution in [1.29, 1.82) is 5.26 Å². The molecule has 1 aromatic heterocycles. The number of hydrogen-bond acceptors (Lipinski definition) is 5. The number of anilines is 1. The Morgan fingerprint density at radius 3 is 3.00 bits per heavy atom. The molecule has 1 aromatic rings. The zero-order chi connectivity index (χ0) is 6.69. The normalized spacial score (nSPS) is 8.44. The molecule has 0 aliphatic rings. The molecule has 4 nitrogen and oxygen atoms in total. The molecule has 46 valence electrons. The van der Waals surface area contributed by atoms with Crippen LogP contribution >= 0.6 is 11.3 Å². The smallest absolute Gasteiger partial charge is 0.198 e. The number of nitriles is 1. The maximum atomic E-state index is 8.30. The van der Waals surface area contributed by atoms with E-state index in [0.717, 1.165) is 0 Å². The fourth-order valence-electron chi connectivity index (χ4n) is 0.393. The van der Waals surface area contributed by atoms with Gasteiger partial charge >= 0.3 is 0 Å². The summed E-state index contributed by atoms with van der Waals surface area (Å²) in [4.78, 5) is 4.32. The molecule has 0 bridgehead atoms. The van der Waals surface area contributed by atoms with Crippen molar-refractivity contribution in [3.8, 4) is 6.07 Å². The van der Waals surface area contributed by atoms with E-state index in [-0.39, 0.29) is 0 Å². The topological polar surface area (TPSA) is 74.7 Å². The molecule has 0 radical (unpaired) electrons. The summed E-state index contributed by atoms with van der Waals surface area (Å²) in [6, 6.07) is 1.94. The van der Waals surface area contributed by atoms with Crippen LogP contribution in [0.25, 0.3) is 0 Å². The molecule has 0 unspecified atom stereocenters. The highest BCUT2D eigenvalue weighted by molar-refractivity contribution is 7.16. The van der Waals surface area contributed by atoms with Gasteiger partial charge in [0.2, 0.25) is 0 Å². The van der Waals surface area contributed by atoms with E-state index < -0.39 is 0 Å². The Labute approximate surface area is 55.9 Å². The lowest BCUT2D eigenvalue weighted by Gasteiger charge is -1.84. The van der Waals surface area contributed by atoms with Gasteiger partial charge in [-0.3, -0.25) is 5.43 Å². The SMILES string of the molecule is N#Cc1cnc(NN)s1. The van der Waals surface area contributed by atoms with Crippen LogP contribution in [0.1, 0.15) is 4.88 Å². The van der Waals surface area contributed by atoms with Crippen molar-refractivity contribution in [2.24, 2.45) is 5.84 Å². The van der Waals surface area contributed by atoms with Gasteiger partial charge in [0.1, 0.15) is 10.9 Å². The highest BCUT2D eigenvalue weighted by Crippen LogP contribution is 2.14. The Hall–Kier alpha value is -1.12. The van der Waals surface area contributed by atoms with Crippen molar-refractivity contribution < 1.29 is 0 Å².